The Balaban J connectivity index is 1.69. The lowest BCUT2D eigenvalue weighted by Crippen LogP contribution is -2.20. The number of ether oxygens (including phenoxy) is 1. The van der Waals surface area contributed by atoms with Crippen LogP contribution in [0.4, 0.5) is 5.69 Å². The fourth-order valence-corrected chi connectivity index (χ4v) is 4.70. The zero-order chi connectivity index (χ0) is 23.9. The summed E-state index contributed by atoms with van der Waals surface area (Å²) in [5, 5.41) is 12.1. The first kappa shape index (κ1) is 23.5. The fourth-order valence-electron chi connectivity index (χ4n) is 3.64. The first-order valence-corrected chi connectivity index (χ1v) is 12.0. The third-order valence-electron chi connectivity index (χ3n) is 5.28. The number of methoxy groups -OCH3 is 1. The number of rotatable bonds is 9. The molecule has 2 aromatic carbocycles. The summed E-state index contributed by atoms with van der Waals surface area (Å²) in [6.45, 7) is 4.82. The van der Waals surface area contributed by atoms with E-state index < -0.39 is 5.25 Å². The van der Waals surface area contributed by atoms with Crippen molar-refractivity contribution in [2.45, 2.75) is 37.2 Å². The SMILES string of the molecule is CCCn1c(SC(C(=O)Nc2cc(C)ccc2OC)c2ccccc2)nnc1-c1ccncc1. The number of carbonyl (C=O) groups excluding carboxylic acids is 1. The van der Waals surface area contributed by atoms with Gasteiger partial charge in [0, 0.05) is 24.5 Å². The van der Waals surface area contributed by atoms with Gasteiger partial charge in [0.25, 0.3) is 0 Å². The van der Waals surface area contributed by atoms with Gasteiger partial charge >= 0.3 is 0 Å². The summed E-state index contributed by atoms with van der Waals surface area (Å²) in [6, 6.07) is 19.2. The van der Waals surface area contributed by atoms with Crippen LogP contribution in [-0.2, 0) is 11.3 Å². The molecule has 174 valence electrons. The highest BCUT2D eigenvalue weighted by molar-refractivity contribution is 8.00. The van der Waals surface area contributed by atoms with Crippen molar-refractivity contribution in [1.82, 2.24) is 19.7 Å². The van der Waals surface area contributed by atoms with Gasteiger partial charge < -0.3 is 14.6 Å². The average Bonchev–Trinajstić information content (AvgIpc) is 3.26. The smallest absolute Gasteiger partial charge is 0.242 e. The largest absolute Gasteiger partial charge is 0.495 e. The third-order valence-corrected chi connectivity index (χ3v) is 6.51. The molecular weight excluding hydrogens is 446 g/mol. The first-order chi connectivity index (χ1) is 16.6. The normalized spacial score (nSPS) is 11.7. The van der Waals surface area contributed by atoms with Crippen LogP contribution in [0.2, 0.25) is 0 Å². The summed E-state index contributed by atoms with van der Waals surface area (Å²) >= 11 is 1.39. The lowest BCUT2D eigenvalue weighted by molar-refractivity contribution is -0.115. The van der Waals surface area contributed by atoms with Gasteiger partial charge in [0.05, 0.1) is 12.8 Å². The molecule has 1 amide bonds. The molecule has 0 aliphatic heterocycles. The second kappa shape index (κ2) is 11.0. The van der Waals surface area contributed by atoms with E-state index in [2.05, 4.69) is 32.0 Å². The Morgan fingerprint density at radius 2 is 1.85 bits per heavy atom. The standard InChI is InChI=1S/C26H27N5O2S/c1-4-16-31-24(20-12-14-27-15-13-20)29-30-26(31)34-23(19-8-6-5-7-9-19)25(32)28-21-17-18(2)10-11-22(21)33-3/h5-15,17,23H,4,16H2,1-3H3,(H,28,32). The summed E-state index contributed by atoms with van der Waals surface area (Å²) in [5.41, 5.74) is 3.49. The van der Waals surface area contributed by atoms with E-state index in [1.165, 1.54) is 11.8 Å². The van der Waals surface area contributed by atoms with Crippen LogP contribution in [0.15, 0.2) is 78.2 Å². The number of aromatic nitrogens is 4. The van der Waals surface area contributed by atoms with Crippen LogP contribution < -0.4 is 10.1 Å². The Morgan fingerprint density at radius 3 is 2.56 bits per heavy atom. The van der Waals surface area contributed by atoms with E-state index >= 15 is 0 Å². The number of amides is 1. The van der Waals surface area contributed by atoms with E-state index in [1.807, 2.05) is 67.6 Å². The number of nitrogens with zero attached hydrogens (tertiary/aromatic N) is 4. The molecule has 0 aliphatic rings. The zero-order valence-electron chi connectivity index (χ0n) is 19.4. The maximum atomic E-state index is 13.6. The number of anilines is 1. The van der Waals surface area contributed by atoms with Gasteiger partial charge in [-0.25, -0.2) is 0 Å². The van der Waals surface area contributed by atoms with Gasteiger partial charge in [-0.05, 0) is 48.7 Å². The number of hydrogen-bond donors (Lipinski definition) is 1. The van der Waals surface area contributed by atoms with Crippen LogP contribution in [0.1, 0.15) is 29.7 Å². The molecule has 0 bridgehead atoms. The van der Waals surface area contributed by atoms with Crippen molar-refractivity contribution >= 4 is 23.4 Å². The summed E-state index contributed by atoms with van der Waals surface area (Å²) in [6.07, 6.45) is 4.39. The predicted molar refractivity (Wildman–Crippen MR) is 135 cm³/mol. The molecule has 0 fully saturated rings. The van der Waals surface area contributed by atoms with Gasteiger partial charge in [-0.3, -0.25) is 9.78 Å². The quantitative estimate of drug-likeness (QED) is 0.322. The number of aryl methyl sites for hydroxylation is 1. The molecule has 0 saturated carbocycles. The molecule has 1 unspecified atom stereocenters. The summed E-state index contributed by atoms with van der Waals surface area (Å²) < 4.78 is 7.52. The fraction of sp³-hybridized carbons (Fsp3) is 0.231. The minimum absolute atomic E-state index is 0.156. The molecule has 0 spiro atoms. The molecular formula is C26H27N5O2S. The molecule has 7 nitrogen and oxygen atoms in total. The van der Waals surface area contributed by atoms with E-state index in [0.717, 1.165) is 35.5 Å². The van der Waals surface area contributed by atoms with Gasteiger partial charge in [0.15, 0.2) is 11.0 Å². The summed E-state index contributed by atoms with van der Waals surface area (Å²) in [4.78, 5) is 17.7. The Bertz CT molecular complexity index is 1240. The van der Waals surface area contributed by atoms with Crippen LogP contribution in [-0.4, -0.2) is 32.8 Å². The number of carbonyl (C=O) groups is 1. The summed E-state index contributed by atoms with van der Waals surface area (Å²) in [7, 11) is 1.59. The lowest BCUT2D eigenvalue weighted by atomic mass is 10.1. The third kappa shape index (κ3) is 5.28. The van der Waals surface area contributed by atoms with Crippen molar-refractivity contribution in [3.63, 3.8) is 0 Å². The maximum absolute atomic E-state index is 13.6. The van der Waals surface area contributed by atoms with Crippen LogP contribution in [0.25, 0.3) is 11.4 Å². The van der Waals surface area contributed by atoms with Gasteiger partial charge in [-0.1, -0.05) is 55.1 Å². The molecule has 1 N–H and O–H groups in total. The van der Waals surface area contributed by atoms with Gasteiger partial charge in [-0.2, -0.15) is 0 Å². The molecule has 1 atom stereocenters. The number of nitrogens with one attached hydrogen (secondary N) is 1. The monoisotopic (exact) mass is 473 g/mol. The highest BCUT2D eigenvalue weighted by Gasteiger charge is 2.26. The molecule has 2 heterocycles. The topological polar surface area (TPSA) is 81.9 Å². The minimum Gasteiger partial charge on any atom is -0.495 e. The molecule has 0 saturated heterocycles. The average molecular weight is 474 g/mol. The number of thioether (sulfide) groups is 1. The molecule has 34 heavy (non-hydrogen) atoms. The molecule has 0 aliphatic carbocycles. The number of pyridine rings is 1. The molecule has 8 heteroatoms. The Morgan fingerprint density at radius 1 is 1.09 bits per heavy atom. The van der Waals surface area contributed by atoms with Crippen molar-refractivity contribution in [1.29, 1.82) is 0 Å². The van der Waals surface area contributed by atoms with Crippen molar-refractivity contribution in [3.05, 3.63) is 84.2 Å². The van der Waals surface area contributed by atoms with E-state index in [4.69, 9.17) is 4.74 Å². The van der Waals surface area contributed by atoms with Crippen molar-refractivity contribution in [2.75, 3.05) is 12.4 Å². The Kier molecular flexibility index (Phi) is 7.59. The second-order valence-corrected chi connectivity index (χ2v) is 8.87. The van der Waals surface area contributed by atoms with Crippen LogP contribution in [0.5, 0.6) is 5.75 Å². The number of hydrogen-bond acceptors (Lipinski definition) is 6. The minimum atomic E-state index is -0.531. The molecule has 0 radical (unpaired) electrons. The molecule has 4 rings (SSSR count). The van der Waals surface area contributed by atoms with Crippen molar-refractivity contribution < 1.29 is 9.53 Å². The van der Waals surface area contributed by atoms with Gasteiger partial charge in [0.1, 0.15) is 11.0 Å². The first-order valence-electron chi connectivity index (χ1n) is 11.1. The molecule has 4 aromatic rings. The lowest BCUT2D eigenvalue weighted by Gasteiger charge is -2.19. The Labute approximate surface area is 203 Å². The predicted octanol–water partition coefficient (Wildman–Crippen LogP) is 5.54. The van der Waals surface area contributed by atoms with E-state index in [1.54, 1.807) is 19.5 Å². The Hall–Kier alpha value is -3.65. The van der Waals surface area contributed by atoms with E-state index in [-0.39, 0.29) is 5.91 Å². The van der Waals surface area contributed by atoms with Gasteiger partial charge in [0.2, 0.25) is 5.91 Å². The van der Waals surface area contributed by atoms with Gasteiger partial charge in [-0.15, -0.1) is 10.2 Å². The van der Waals surface area contributed by atoms with E-state index in [0.29, 0.717) is 16.6 Å². The maximum Gasteiger partial charge on any atom is 0.242 e. The van der Waals surface area contributed by atoms with Crippen molar-refractivity contribution in [2.24, 2.45) is 0 Å². The number of benzene rings is 2. The van der Waals surface area contributed by atoms with Crippen LogP contribution >= 0.6 is 11.8 Å². The summed E-state index contributed by atoms with van der Waals surface area (Å²) in [5.74, 6) is 1.22. The van der Waals surface area contributed by atoms with E-state index in [9.17, 15) is 4.79 Å². The van der Waals surface area contributed by atoms with Crippen LogP contribution in [0.3, 0.4) is 0 Å². The second-order valence-electron chi connectivity index (χ2n) is 7.80. The highest BCUT2D eigenvalue weighted by atomic mass is 32.2. The zero-order valence-corrected chi connectivity index (χ0v) is 20.2. The molecule has 2 aromatic heterocycles. The van der Waals surface area contributed by atoms with Crippen molar-refractivity contribution in [3.8, 4) is 17.1 Å². The van der Waals surface area contributed by atoms with Crippen LogP contribution in [0, 0.1) is 6.92 Å². The highest BCUT2D eigenvalue weighted by Crippen LogP contribution is 2.38.